The SMILES string of the molecule is C=C(C)COCCNC(=O)c1c(F)cccc1OC. The summed E-state index contributed by atoms with van der Waals surface area (Å²) in [4.78, 5) is 11.8. The third-order valence-electron chi connectivity index (χ3n) is 2.30. The number of methoxy groups -OCH3 is 1. The molecule has 0 aliphatic carbocycles. The second kappa shape index (κ2) is 7.53. The van der Waals surface area contributed by atoms with E-state index < -0.39 is 11.7 Å². The molecule has 0 heterocycles. The Balaban J connectivity index is 2.52. The van der Waals surface area contributed by atoms with Gasteiger partial charge in [0.2, 0.25) is 0 Å². The Labute approximate surface area is 112 Å². The molecule has 5 heteroatoms. The Morgan fingerprint density at radius 3 is 2.84 bits per heavy atom. The van der Waals surface area contributed by atoms with Crippen molar-refractivity contribution in [1.82, 2.24) is 5.32 Å². The van der Waals surface area contributed by atoms with Crippen molar-refractivity contribution in [3.8, 4) is 5.75 Å². The summed E-state index contributed by atoms with van der Waals surface area (Å²) in [7, 11) is 1.39. The maximum Gasteiger partial charge on any atom is 0.258 e. The van der Waals surface area contributed by atoms with Crippen LogP contribution in [0.4, 0.5) is 4.39 Å². The lowest BCUT2D eigenvalue weighted by Crippen LogP contribution is -2.28. The number of rotatable bonds is 7. The molecule has 0 aliphatic heterocycles. The summed E-state index contributed by atoms with van der Waals surface area (Å²) >= 11 is 0. The summed E-state index contributed by atoms with van der Waals surface area (Å²) in [6.07, 6.45) is 0. The molecular weight excluding hydrogens is 249 g/mol. The fraction of sp³-hybridized carbons (Fsp3) is 0.357. The van der Waals surface area contributed by atoms with Crippen LogP contribution in [0.3, 0.4) is 0 Å². The highest BCUT2D eigenvalue weighted by Gasteiger charge is 2.16. The van der Waals surface area contributed by atoms with E-state index in [0.29, 0.717) is 19.8 Å². The maximum absolute atomic E-state index is 13.6. The first-order valence-corrected chi connectivity index (χ1v) is 5.89. The van der Waals surface area contributed by atoms with Crippen molar-refractivity contribution in [3.05, 3.63) is 41.7 Å². The lowest BCUT2D eigenvalue weighted by molar-refractivity contribution is 0.0919. The number of hydrogen-bond acceptors (Lipinski definition) is 3. The summed E-state index contributed by atoms with van der Waals surface area (Å²) < 4.78 is 23.8. The van der Waals surface area contributed by atoms with Crippen molar-refractivity contribution in [2.45, 2.75) is 6.92 Å². The van der Waals surface area contributed by atoms with Gasteiger partial charge >= 0.3 is 0 Å². The number of halogens is 1. The van der Waals surface area contributed by atoms with Crippen molar-refractivity contribution < 1.29 is 18.7 Å². The Bertz CT molecular complexity index is 460. The number of hydrogen-bond donors (Lipinski definition) is 1. The van der Waals surface area contributed by atoms with E-state index in [1.807, 2.05) is 6.92 Å². The molecule has 0 radical (unpaired) electrons. The molecule has 1 N–H and O–H groups in total. The molecule has 1 aromatic rings. The minimum Gasteiger partial charge on any atom is -0.496 e. The second-order valence-electron chi connectivity index (χ2n) is 4.08. The Morgan fingerprint density at radius 1 is 1.47 bits per heavy atom. The van der Waals surface area contributed by atoms with Crippen LogP contribution in [0.2, 0.25) is 0 Å². The lowest BCUT2D eigenvalue weighted by atomic mass is 10.1. The summed E-state index contributed by atoms with van der Waals surface area (Å²) in [5.41, 5.74) is 0.812. The molecule has 1 amide bonds. The van der Waals surface area contributed by atoms with Gasteiger partial charge < -0.3 is 14.8 Å². The fourth-order valence-corrected chi connectivity index (χ4v) is 1.47. The van der Waals surface area contributed by atoms with Gasteiger partial charge in [0.1, 0.15) is 17.1 Å². The van der Waals surface area contributed by atoms with Gasteiger partial charge in [-0.3, -0.25) is 4.79 Å². The lowest BCUT2D eigenvalue weighted by Gasteiger charge is -2.10. The molecule has 0 unspecified atom stereocenters. The Morgan fingerprint density at radius 2 is 2.21 bits per heavy atom. The number of benzene rings is 1. The Hall–Kier alpha value is -1.88. The van der Waals surface area contributed by atoms with Crippen molar-refractivity contribution in [2.75, 3.05) is 26.9 Å². The average Bonchev–Trinajstić information content (AvgIpc) is 2.37. The normalized spacial score (nSPS) is 10.1. The largest absolute Gasteiger partial charge is 0.496 e. The third kappa shape index (κ3) is 4.71. The van der Waals surface area contributed by atoms with Crippen LogP contribution in [0.15, 0.2) is 30.4 Å². The number of ether oxygens (including phenoxy) is 2. The van der Waals surface area contributed by atoms with Gasteiger partial charge in [0.15, 0.2) is 0 Å². The monoisotopic (exact) mass is 267 g/mol. The maximum atomic E-state index is 13.6. The van der Waals surface area contributed by atoms with Gasteiger partial charge in [-0.15, -0.1) is 0 Å². The van der Waals surface area contributed by atoms with E-state index in [1.165, 1.54) is 25.3 Å². The summed E-state index contributed by atoms with van der Waals surface area (Å²) in [5, 5.41) is 2.57. The first-order valence-electron chi connectivity index (χ1n) is 5.89. The topological polar surface area (TPSA) is 47.6 Å². The fourth-order valence-electron chi connectivity index (χ4n) is 1.47. The van der Waals surface area contributed by atoms with Gasteiger partial charge in [0.25, 0.3) is 5.91 Å². The molecular formula is C14H18FNO3. The van der Waals surface area contributed by atoms with E-state index >= 15 is 0 Å². The van der Waals surface area contributed by atoms with E-state index in [4.69, 9.17) is 9.47 Å². The van der Waals surface area contributed by atoms with Crippen molar-refractivity contribution in [1.29, 1.82) is 0 Å². The standard InChI is InChI=1S/C14H18FNO3/c1-10(2)9-19-8-7-16-14(17)13-11(15)5-4-6-12(13)18-3/h4-6H,1,7-9H2,2-3H3,(H,16,17). The van der Waals surface area contributed by atoms with Crippen LogP contribution >= 0.6 is 0 Å². The average molecular weight is 267 g/mol. The van der Waals surface area contributed by atoms with E-state index in [1.54, 1.807) is 0 Å². The molecule has 19 heavy (non-hydrogen) atoms. The van der Waals surface area contributed by atoms with Gasteiger partial charge in [-0.2, -0.15) is 0 Å². The van der Waals surface area contributed by atoms with E-state index in [2.05, 4.69) is 11.9 Å². The minimum atomic E-state index is -0.611. The zero-order valence-corrected chi connectivity index (χ0v) is 11.2. The first-order chi connectivity index (χ1) is 9.06. The molecule has 0 aromatic heterocycles. The predicted molar refractivity (Wildman–Crippen MR) is 70.9 cm³/mol. The molecule has 0 saturated heterocycles. The molecule has 104 valence electrons. The minimum absolute atomic E-state index is 0.0927. The van der Waals surface area contributed by atoms with Gasteiger partial charge in [0.05, 0.1) is 20.3 Å². The molecule has 0 bridgehead atoms. The van der Waals surface area contributed by atoms with Crippen molar-refractivity contribution >= 4 is 5.91 Å². The zero-order chi connectivity index (χ0) is 14.3. The molecule has 0 aliphatic rings. The third-order valence-corrected chi connectivity index (χ3v) is 2.30. The Kier molecular flexibility index (Phi) is 6.02. The summed E-state index contributed by atoms with van der Waals surface area (Å²) in [6, 6.07) is 4.24. The second-order valence-corrected chi connectivity index (χ2v) is 4.08. The molecule has 0 saturated carbocycles. The van der Waals surface area contributed by atoms with E-state index in [-0.39, 0.29) is 11.3 Å². The predicted octanol–water partition coefficient (Wildman–Crippen LogP) is 2.16. The summed E-state index contributed by atoms with van der Waals surface area (Å²) in [5.74, 6) is -0.922. The molecule has 0 fully saturated rings. The molecule has 1 rings (SSSR count). The van der Waals surface area contributed by atoms with Crippen LogP contribution in [0, 0.1) is 5.82 Å². The molecule has 4 nitrogen and oxygen atoms in total. The van der Waals surface area contributed by atoms with Gasteiger partial charge in [-0.05, 0) is 19.1 Å². The molecule has 0 atom stereocenters. The van der Waals surface area contributed by atoms with Crippen LogP contribution in [-0.2, 0) is 4.74 Å². The number of carbonyl (C=O) groups is 1. The van der Waals surface area contributed by atoms with E-state index in [0.717, 1.165) is 5.57 Å². The van der Waals surface area contributed by atoms with Gasteiger partial charge in [-0.1, -0.05) is 18.2 Å². The van der Waals surface area contributed by atoms with Crippen LogP contribution in [0.25, 0.3) is 0 Å². The quantitative estimate of drug-likeness (QED) is 0.608. The highest BCUT2D eigenvalue weighted by atomic mass is 19.1. The van der Waals surface area contributed by atoms with Crippen LogP contribution in [0.5, 0.6) is 5.75 Å². The molecule has 1 aromatic carbocycles. The van der Waals surface area contributed by atoms with Gasteiger partial charge in [0, 0.05) is 6.54 Å². The highest BCUT2D eigenvalue weighted by Crippen LogP contribution is 2.20. The number of amides is 1. The van der Waals surface area contributed by atoms with Gasteiger partial charge in [-0.25, -0.2) is 4.39 Å². The summed E-state index contributed by atoms with van der Waals surface area (Å²) in [6.45, 7) is 6.62. The first kappa shape index (κ1) is 15.2. The van der Waals surface area contributed by atoms with E-state index in [9.17, 15) is 9.18 Å². The van der Waals surface area contributed by atoms with Crippen LogP contribution < -0.4 is 10.1 Å². The van der Waals surface area contributed by atoms with Crippen molar-refractivity contribution in [2.24, 2.45) is 0 Å². The number of carbonyl (C=O) groups excluding carboxylic acids is 1. The van der Waals surface area contributed by atoms with Crippen LogP contribution in [0.1, 0.15) is 17.3 Å². The smallest absolute Gasteiger partial charge is 0.258 e. The van der Waals surface area contributed by atoms with Crippen LogP contribution in [-0.4, -0.2) is 32.8 Å². The zero-order valence-electron chi connectivity index (χ0n) is 11.2. The highest BCUT2D eigenvalue weighted by molar-refractivity contribution is 5.97. The van der Waals surface area contributed by atoms with Crippen molar-refractivity contribution in [3.63, 3.8) is 0 Å². The number of nitrogens with one attached hydrogen (secondary N) is 1. The molecule has 0 spiro atoms.